The molecule has 0 heterocycles. The van der Waals surface area contributed by atoms with Gasteiger partial charge in [0.1, 0.15) is 5.54 Å². The van der Waals surface area contributed by atoms with E-state index in [2.05, 4.69) is 33.0 Å². The van der Waals surface area contributed by atoms with E-state index in [0.717, 1.165) is 12.8 Å². The summed E-state index contributed by atoms with van der Waals surface area (Å²) >= 11 is 0. The summed E-state index contributed by atoms with van der Waals surface area (Å²) in [6.45, 7) is 8.75. The third-order valence-electron chi connectivity index (χ3n) is 4.43. The van der Waals surface area contributed by atoms with Gasteiger partial charge >= 0.3 is 5.97 Å². The lowest BCUT2D eigenvalue weighted by Crippen LogP contribution is -2.57. The lowest BCUT2D eigenvalue weighted by molar-refractivity contribution is -0.151. The molecule has 0 radical (unpaired) electrons. The summed E-state index contributed by atoms with van der Waals surface area (Å²) in [5.41, 5.74) is -0.508. The number of ether oxygens (including phenoxy) is 1. The number of hydrogen-bond acceptors (Lipinski definition) is 3. The number of carbonyl (C=O) groups is 1. The highest BCUT2D eigenvalue weighted by atomic mass is 16.5. The number of rotatable bonds is 7. The minimum absolute atomic E-state index is 0.0749. The van der Waals surface area contributed by atoms with Crippen LogP contribution in [0.25, 0.3) is 0 Å². The molecule has 0 saturated heterocycles. The van der Waals surface area contributed by atoms with Crippen LogP contribution in [-0.2, 0) is 9.53 Å². The van der Waals surface area contributed by atoms with Gasteiger partial charge in [0.25, 0.3) is 0 Å². The Labute approximate surface area is 131 Å². The number of carbonyl (C=O) groups excluding carboxylic acids is 1. The van der Waals surface area contributed by atoms with E-state index >= 15 is 0 Å². The van der Waals surface area contributed by atoms with Crippen LogP contribution < -0.4 is 5.32 Å². The van der Waals surface area contributed by atoms with E-state index < -0.39 is 5.54 Å². The molecule has 0 aliphatic heterocycles. The number of esters is 1. The van der Waals surface area contributed by atoms with E-state index in [1.165, 1.54) is 45.6 Å². The van der Waals surface area contributed by atoms with Gasteiger partial charge in [0.05, 0.1) is 7.11 Å². The Morgan fingerprint density at radius 1 is 1.05 bits per heavy atom. The molecule has 1 aliphatic rings. The largest absolute Gasteiger partial charge is 0.468 e. The fourth-order valence-electron chi connectivity index (χ4n) is 3.83. The third-order valence-corrected chi connectivity index (χ3v) is 4.43. The first-order valence-electron chi connectivity index (χ1n) is 8.75. The molecule has 1 aliphatic carbocycles. The molecule has 0 aromatic carbocycles. The van der Waals surface area contributed by atoms with Gasteiger partial charge in [-0.1, -0.05) is 53.4 Å². The van der Waals surface area contributed by atoms with Crippen molar-refractivity contribution in [3.63, 3.8) is 0 Å². The molecule has 0 unspecified atom stereocenters. The van der Waals surface area contributed by atoms with E-state index in [0.29, 0.717) is 17.9 Å². The van der Waals surface area contributed by atoms with Crippen LogP contribution >= 0.6 is 0 Å². The van der Waals surface area contributed by atoms with E-state index in [-0.39, 0.29) is 5.97 Å². The molecule has 21 heavy (non-hydrogen) atoms. The Bertz CT molecular complexity index is 294. The van der Waals surface area contributed by atoms with E-state index in [4.69, 9.17) is 4.74 Å². The maximum absolute atomic E-state index is 12.6. The molecule has 3 heteroatoms. The summed E-state index contributed by atoms with van der Waals surface area (Å²) in [5.74, 6) is 0.872. The summed E-state index contributed by atoms with van der Waals surface area (Å²) in [7, 11) is 1.52. The Morgan fingerprint density at radius 2 is 1.52 bits per heavy atom. The molecular formula is C18H35NO2. The predicted octanol–water partition coefficient (Wildman–Crippen LogP) is 4.30. The first kappa shape index (κ1) is 18.5. The van der Waals surface area contributed by atoms with Crippen LogP contribution in [0.2, 0.25) is 0 Å². The van der Waals surface area contributed by atoms with Crippen LogP contribution in [0.5, 0.6) is 0 Å². The number of nitrogens with one attached hydrogen (secondary N) is 1. The van der Waals surface area contributed by atoms with Crippen LogP contribution in [-0.4, -0.2) is 24.7 Å². The first-order valence-corrected chi connectivity index (χ1v) is 8.75. The zero-order valence-electron chi connectivity index (χ0n) is 14.7. The standard InChI is InChI=1S/C18H35NO2/c1-14(2)12-18(13-15(3)4,17(20)21-5)19-16-10-8-6-7-9-11-16/h14-16,19H,6-13H2,1-5H3. The highest BCUT2D eigenvalue weighted by Gasteiger charge is 2.41. The van der Waals surface area contributed by atoms with Crippen molar-refractivity contribution in [3.8, 4) is 0 Å². The van der Waals surface area contributed by atoms with Crippen LogP contribution in [0.1, 0.15) is 79.1 Å². The highest BCUT2D eigenvalue weighted by Crippen LogP contribution is 2.29. The van der Waals surface area contributed by atoms with Crippen molar-refractivity contribution in [1.82, 2.24) is 5.32 Å². The normalized spacial score (nSPS) is 18.0. The quantitative estimate of drug-likeness (QED) is 0.562. The van der Waals surface area contributed by atoms with Gasteiger partial charge in [0, 0.05) is 6.04 Å². The summed E-state index contributed by atoms with van der Waals surface area (Å²) in [4.78, 5) is 12.6. The molecule has 0 atom stereocenters. The van der Waals surface area contributed by atoms with E-state index in [1.54, 1.807) is 0 Å². The van der Waals surface area contributed by atoms with Gasteiger partial charge in [-0.25, -0.2) is 0 Å². The van der Waals surface area contributed by atoms with Gasteiger partial charge < -0.3 is 4.74 Å². The van der Waals surface area contributed by atoms with Crippen molar-refractivity contribution in [2.45, 2.75) is 90.6 Å². The van der Waals surface area contributed by atoms with Gasteiger partial charge in [-0.15, -0.1) is 0 Å². The molecule has 1 fully saturated rings. The second kappa shape index (κ2) is 8.77. The van der Waals surface area contributed by atoms with Crippen molar-refractivity contribution in [2.75, 3.05) is 7.11 Å². The van der Waals surface area contributed by atoms with Crippen LogP contribution in [0, 0.1) is 11.8 Å². The Balaban J connectivity index is 2.92. The second-order valence-electron chi connectivity index (χ2n) is 7.60. The fraction of sp³-hybridized carbons (Fsp3) is 0.944. The predicted molar refractivity (Wildman–Crippen MR) is 88.3 cm³/mol. The molecule has 0 amide bonds. The van der Waals surface area contributed by atoms with Gasteiger partial charge in [-0.3, -0.25) is 10.1 Å². The van der Waals surface area contributed by atoms with Gasteiger partial charge in [0.15, 0.2) is 0 Å². The van der Waals surface area contributed by atoms with Gasteiger partial charge in [-0.2, -0.15) is 0 Å². The molecule has 3 nitrogen and oxygen atoms in total. The maximum atomic E-state index is 12.6. The molecule has 1 rings (SSSR count). The minimum atomic E-state index is -0.508. The smallest absolute Gasteiger partial charge is 0.326 e. The van der Waals surface area contributed by atoms with Crippen molar-refractivity contribution in [2.24, 2.45) is 11.8 Å². The molecular weight excluding hydrogens is 262 g/mol. The average molecular weight is 297 g/mol. The van der Waals surface area contributed by atoms with E-state index in [1.807, 2.05) is 0 Å². The summed E-state index contributed by atoms with van der Waals surface area (Å²) in [6, 6.07) is 0.462. The highest BCUT2D eigenvalue weighted by molar-refractivity contribution is 5.80. The van der Waals surface area contributed by atoms with Crippen LogP contribution in [0.3, 0.4) is 0 Å². The summed E-state index contributed by atoms with van der Waals surface area (Å²) in [5, 5.41) is 3.75. The van der Waals surface area contributed by atoms with Crippen molar-refractivity contribution >= 4 is 5.97 Å². The number of hydrogen-bond donors (Lipinski definition) is 1. The average Bonchev–Trinajstić information content (AvgIpc) is 2.64. The SMILES string of the molecule is COC(=O)C(CC(C)C)(CC(C)C)NC1CCCCCC1. The Morgan fingerprint density at radius 3 is 1.90 bits per heavy atom. The zero-order chi connectivity index (χ0) is 15.9. The monoisotopic (exact) mass is 297 g/mol. The summed E-state index contributed by atoms with van der Waals surface area (Å²) < 4.78 is 5.19. The Hall–Kier alpha value is -0.570. The summed E-state index contributed by atoms with van der Waals surface area (Å²) in [6.07, 6.45) is 9.30. The van der Waals surface area contributed by atoms with Crippen LogP contribution in [0.4, 0.5) is 0 Å². The molecule has 0 spiro atoms. The van der Waals surface area contributed by atoms with Crippen molar-refractivity contribution in [3.05, 3.63) is 0 Å². The lowest BCUT2D eigenvalue weighted by atomic mass is 9.80. The molecule has 0 bridgehead atoms. The third kappa shape index (κ3) is 5.98. The molecule has 124 valence electrons. The Kier molecular flexibility index (Phi) is 7.72. The second-order valence-corrected chi connectivity index (χ2v) is 7.60. The zero-order valence-corrected chi connectivity index (χ0v) is 14.7. The topological polar surface area (TPSA) is 38.3 Å². The fourth-order valence-corrected chi connectivity index (χ4v) is 3.83. The maximum Gasteiger partial charge on any atom is 0.326 e. The van der Waals surface area contributed by atoms with Crippen molar-refractivity contribution in [1.29, 1.82) is 0 Å². The molecule has 1 N–H and O–H groups in total. The molecule has 0 aromatic rings. The van der Waals surface area contributed by atoms with Crippen LogP contribution in [0.15, 0.2) is 0 Å². The van der Waals surface area contributed by atoms with Gasteiger partial charge in [0.2, 0.25) is 0 Å². The van der Waals surface area contributed by atoms with Crippen molar-refractivity contribution < 1.29 is 9.53 Å². The lowest BCUT2D eigenvalue weighted by Gasteiger charge is -2.38. The van der Waals surface area contributed by atoms with Gasteiger partial charge in [-0.05, 0) is 37.5 Å². The minimum Gasteiger partial charge on any atom is -0.468 e. The molecule has 0 aromatic heterocycles. The number of methoxy groups -OCH3 is 1. The first-order chi connectivity index (χ1) is 9.89. The molecule has 1 saturated carbocycles. The van der Waals surface area contributed by atoms with E-state index in [9.17, 15) is 4.79 Å².